The van der Waals surface area contributed by atoms with Gasteiger partial charge in [-0.1, -0.05) is 30.3 Å². The van der Waals surface area contributed by atoms with Gasteiger partial charge in [0.1, 0.15) is 23.0 Å². The average molecular weight is 406 g/mol. The van der Waals surface area contributed by atoms with Crippen molar-refractivity contribution in [3.63, 3.8) is 0 Å². The lowest BCUT2D eigenvalue weighted by Crippen LogP contribution is -2.27. The second kappa shape index (κ2) is 8.45. The fourth-order valence-electron chi connectivity index (χ4n) is 3.66. The summed E-state index contributed by atoms with van der Waals surface area (Å²) in [5.74, 6) is 1.24. The van der Waals surface area contributed by atoms with Crippen LogP contribution in [0.15, 0.2) is 63.8 Å². The first kappa shape index (κ1) is 19.8. The Kier molecular flexibility index (Phi) is 5.57. The molecule has 6 nitrogen and oxygen atoms in total. The number of carbonyl (C=O) groups excluding carboxylic acids is 1. The predicted octanol–water partition coefficient (Wildman–Crippen LogP) is 4.02. The molecule has 0 spiro atoms. The summed E-state index contributed by atoms with van der Waals surface area (Å²) in [5.41, 5.74) is 1.75. The number of fused-ring (bicyclic) bond motifs is 1. The Morgan fingerprint density at radius 1 is 1.07 bits per heavy atom. The van der Waals surface area contributed by atoms with Crippen molar-refractivity contribution in [2.75, 3.05) is 13.7 Å². The van der Waals surface area contributed by atoms with E-state index in [0.717, 1.165) is 16.9 Å². The summed E-state index contributed by atoms with van der Waals surface area (Å²) in [7, 11) is 1.64. The maximum Gasteiger partial charge on any atom is 0.343 e. The quantitative estimate of drug-likeness (QED) is 0.576. The molecular weight excluding hydrogens is 384 g/mol. The van der Waals surface area contributed by atoms with Crippen LogP contribution in [0.4, 0.5) is 0 Å². The van der Waals surface area contributed by atoms with E-state index >= 15 is 0 Å². The van der Waals surface area contributed by atoms with Crippen molar-refractivity contribution < 1.29 is 23.4 Å². The van der Waals surface area contributed by atoms with Crippen LogP contribution in [0.3, 0.4) is 0 Å². The van der Waals surface area contributed by atoms with Gasteiger partial charge < -0.3 is 18.6 Å². The van der Waals surface area contributed by atoms with Crippen LogP contribution in [0.1, 0.15) is 34.8 Å². The Morgan fingerprint density at radius 3 is 2.60 bits per heavy atom. The SMILES string of the molecule is COc1ccc(CCOc2ccccc2[C@H]2CC(=O)Oc3cc(C)oc(=O)c32)cc1. The molecule has 6 heteroatoms. The summed E-state index contributed by atoms with van der Waals surface area (Å²) in [6.07, 6.45) is 0.766. The van der Waals surface area contributed by atoms with Crippen molar-refractivity contribution in [2.24, 2.45) is 0 Å². The van der Waals surface area contributed by atoms with Crippen molar-refractivity contribution in [1.82, 2.24) is 0 Å². The fraction of sp³-hybridized carbons (Fsp3) is 0.250. The average Bonchev–Trinajstić information content (AvgIpc) is 2.73. The molecule has 1 atom stereocenters. The van der Waals surface area contributed by atoms with Crippen molar-refractivity contribution in [3.05, 3.63) is 87.5 Å². The van der Waals surface area contributed by atoms with Crippen LogP contribution in [0.5, 0.6) is 17.2 Å². The zero-order valence-corrected chi connectivity index (χ0v) is 16.8. The minimum absolute atomic E-state index is 0.0552. The highest BCUT2D eigenvalue weighted by Gasteiger charge is 2.33. The zero-order chi connectivity index (χ0) is 21.1. The van der Waals surface area contributed by atoms with E-state index in [1.54, 1.807) is 20.1 Å². The molecule has 0 amide bonds. The first-order chi connectivity index (χ1) is 14.5. The van der Waals surface area contributed by atoms with Gasteiger partial charge in [-0.25, -0.2) is 4.79 Å². The Labute approximate surface area is 174 Å². The third-order valence-corrected chi connectivity index (χ3v) is 5.12. The molecule has 3 aromatic rings. The fourth-order valence-corrected chi connectivity index (χ4v) is 3.66. The number of benzene rings is 2. The van der Waals surface area contributed by atoms with Gasteiger partial charge in [-0.15, -0.1) is 0 Å². The van der Waals surface area contributed by atoms with Gasteiger partial charge in [0.15, 0.2) is 0 Å². The van der Waals surface area contributed by atoms with E-state index in [4.69, 9.17) is 18.6 Å². The number of hydrogen-bond donors (Lipinski definition) is 0. The number of ether oxygens (including phenoxy) is 3. The summed E-state index contributed by atoms with van der Waals surface area (Å²) < 4.78 is 21.8. The van der Waals surface area contributed by atoms with Crippen LogP contribution in [0, 0.1) is 6.92 Å². The van der Waals surface area contributed by atoms with E-state index < -0.39 is 11.5 Å². The standard InChI is InChI=1S/C24H22O6/c1-15-13-21-23(24(26)29-15)19(14-22(25)30-21)18-5-3-4-6-20(18)28-12-11-16-7-9-17(27-2)10-8-16/h3-10,13,19H,11-12,14H2,1-2H3/t19-/m1/s1. The molecule has 0 saturated heterocycles. The third-order valence-electron chi connectivity index (χ3n) is 5.12. The van der Waals surface area contributed by atoms with Gasteiger partial charge in [0.05, 0.1) is 25.7 Å². The molecule has 0 aliphatic carbocycles. The predicted molar refractivity (Wildman–Crippen MR) is 110 cm³/mol. The molecule has 1 aromatic heterocycles. The highest BCUT2D eigenvalue weighted by molar-refractivity contribution is 5.77. The van der Waals surface area contributed by atoms with Gasteiger partial charge in [-0.3, -0.25) is 4.79 Å². The van der Waals surface area contributed by atoms with E-state index in [1.807, 2.05) is 48.5 Å². The molecule has 0 fully saturated rings. The molecule has 0 radical (unpaired) electrons. The number of carbonyl (C=O) groups is 1. The lowest BCUT2D eigenvalue weighted by molar-refractivity contribution is -0.135. The van der Waals surface area contributed by atoms with Crippen LogP contribution in [0.2, 0.25) is 0 Å². The second-order valence-corrected chi connectivity index (χ2v) is 7.14. The molecule has 4 rings (SSSR count). The van der Waals surface area contributed by atoms with E-state index in [9.17, 15) is 9.59 Å². The molecule has 0 N–H and O–H groups in total. The molecule has 1 aliphatic rings. The van der Waals surface area contributed by atoms with E-state index in [-0.39, 0.29) is 18.1 Å². The molecule has 154 valence electrons. The Balaban J connectivity index is 1.58. The van der Waals surface area contributed by atoms with Crippen molar-refractivity contribution in [1.29, 1.82) is 0 Å². The highest BCUT2D eigenvalue weighted by Crippen LogP contribution is 2.40. The number of rotatable bonds is 6. The normalized spacial score (nSPS) is 15.3. The van der Waals surface area contributed by atoms with Crippen molar-refractivity contribution in [3.8, 4) is 17.2 Å². The maximum atomic E-state index is 12.5. The van der Waals surface area contributed by atoms with Crippen LogP contribution < -0.4 is 19.8 Å². The molecule has 30 heavy (non-hydrogen) atoms. The summed E-state index contributed by atoms with van der Waals surface area (Å²) in [6, 6.07) is 16.8. The van der Waals surface area contributed by atoms with E-state index in [0.29, 0.717) is 30.1 Å². The highest BCUT2D eigenvalue weighted by atomic mass is 16.5. The van der Waals surface area contributed by atoms with Gasteiger partial charge >= 0.3 is 11.6 Å². The molecule has 0 bridgehead atoms. The summed E-state index contributed by atoms with van der Waals surface area (Å²) in [4.78, 5) is 24.7. The first-order valence-electron chi connectivity index (χ1n) is 9.75. The van der Waals surface area contributed by atoms with Gasteiger partial charge in [0, 0.05) is 24.0 Å². The first-order valence-corrected chi connectivity index (χ1v) is 9.75. The summed E-state index contributed by atoms with van der Waals surface area (Å²) >= 11 is 0. The van der Waals surface area contributed by atoms with Crippen LogP contribution in [0.25, 0.3) is 0 Å². The molecule has 0 unspecified atom stereocenters. The van der Waals surface area contributed by atoms with Crippen LogP contribution >= 0.6 is 0 Å². The minimum atomic E-state index is -0.490. The summed E-state index contributed by atoms with van der Waals surface area (Å²) in [5, 5.41) is 0. The zero-order valence-electron chi connectivity index (χ0n) is 16.8. The number of esters is 1. The number of aryl methyl sites for hydroxylation is 1. The van der Waals surface area contributed by atoms with E-state index in [2.05, 4.69) is 0 Å². The largest absolute Gasteiger partial charge is 0.497 e. The Hall–Kier alpha value is -3.54. The molecular formula is C24H22O6. The lowest BCUT2D eigenvalue weighted by Gasteiger charge is -2.25. The molecule has 0 saturated carbocycles. The lowest BCUT2D eigenvalue weighted by atomic mass is 9.87. The number of methoxy groups -OCH3 is 1. The van der Waals surface area contributed by atoms with Gasteiger partial charge in [-0.05, 0) is 30.7 Å². The van der Waals surface area contributed by atoms with E-state index in [1.165, 1.54) is 0 Å². The monoisotopic (exact) mass is 406 g/mol. The number of para-hydroxylation sites is 1. The summed E-state index contributed by atoms with van der Waals surface area (Å²) in [6.45, 7) is 2.10. The number of hydrogen-bond acceptors (Lipinski definition) is 6. The van der Waals surface area contributed by atoms with Gasteiger partial charge in [-0.2, -0.15) is 0 Å². The Morgan fingerprint density at radius 2 is 1.83 bits per heavy atom. The second-order valence-electron chi connectivity index (χ2n) is 7.14. The van der Waals surface area contributed by atoms with Crippen molar-refractivity contribution >= 4 is 5.97 Å². The van der Waals surface area contributed by atoms with Crippen molar-refractivity contribution in [2.45, 2.75) is 25.7 Å². The topological polar surface area (TPSA) is 75.0 Å². The Bertz CT molecular complexity index is 1110. The smallest absolute Gasteiger partial charge is 0.343 e. The van der Waals surface area contributed by atoms with Gasteiger partial charge in [0.2, 0.25) is 0 Å². The maximum absolute atomic E-state index is 12.5. The third kappa shape index (κ3) is 4.08. The molecule has 1 aliphatic heterocycles. The minimum Gasteiger partial charge on any atom is -0.497 e. The van der Waals surface area contributed by atoms with Crippen LogP contribution in [-0.4, -0.2) is 19.7 Å². The van der Waals surface area contributed by atoms with Crippen LogP contribution in [-0.2, 0) is 11.2 Å². The van der Waals surface area contributed by atoms with Gasteiger partial charge in [0.25, 0.3) is 0 Å². The molecule has 2 heterocycles. The molecule has 2 aromatic carbocycles.